The zero-order valence-electron chi connectivity index (χ0n) is 8.02. The van der Waals surface area contributed by atoms with Crippen molar-refractivity contribution >= 4 is 5.65 Å². The molecule has 2 aromatic rings. The fourth-order valence-corrected chi connectivity index (χ4v) is 1.49. The number of hydrogen-bond donors (Lipinski definition) is 1. The SMILES string of the molecule is CC[n+]1c(O)cc(=O)n2oc(C)cc21. The van der Waals surface area contributed by atoms with E-state index in [0.29, 0.717) is 18.0 Å². The normalized spacial score (nSPS) is 11.0. The maximum absolute atomic E-state index is 11.4. The van der Waals surface area contributed by atoms with Gasteiger partial charge in [-0.2, -0.15) is 4.57 Å². The number of aryl methyl sites for hydroxylation is 2. The second-order valence-corrected chi connectivity index (χ2v) is 3.08. The predicted molar refractivity (Wildman–Crippen MR) is 48.2 cm³/mol. The van der Waals surface area contributed by atoms with Crippen molar-refractivity contribution in [1.82, 2.24) is 4.57 Å². The smallest absolute Gasteiger partial charge is 0.381 e. The van der Waals surface area contributed by atoms with E-state index < -0.39 is 0 Å². The molecule has 0 aromatic carbocycles. The molecule has 2 rings (SSSR count). The number of aromatic nitrogens is 2. The first-order valence-electron chi connectivity index (χ1n) is 4.39. The summed E-state index contributed by atoms with van der Waals surface area (Å²) in [5.74, 6) is 0.591. The van der Waals surface area contributed by atoms with E-state index >= 15 is 0 Å². The van der Waals surface area contributed by atoms with E-state index in [1.807, 2.05) is 6.92 Å². The molecule has 74 valence electrons. The maximum Gasteiger partial charge on any atom is 0.381 e. The second kappa shape index (κ2) is 2.87. The molecule has 5 nitrogen and oxygen atoms in total. The molecule has 0 amide bonds. The van der Waals surface area contributed by atoms with Gasteiger partial charge in [0.2, 0.25) is 0 Å². The van der Waals surface area contributed by atoms with Crippen LogP contribution in [0.4, 0.5) is 0 Å². The summed E-state index contributed by atoms with van der Waals surface area (Å²) in [6, 6.07) is 2.85. The van der Waals surface area contributed by atoms with E-state index in [2.05, 4.69) is 0 Å². The Bertz CT molecular complexity index is 539. The molecule has 0 saturated heterocycles. The topological polar surface area (TPSA) is 58.7 Å². The second-order valence-electron chi connectivity index (χ2n) is 3.08. The summed E-state index contributed by atoms with van der Waals surface area (Å²) >= 11 is 0. The van der Waals surface area contributed by atoms with Gasteiger partial charge in [-0.05, 0) is 13.8 Å². The molecule has 5 heteroatoms. The molecule has 1 N–H and O–H groups in total. The highest BCUT2D eigenvalue weighted by atomic mass is 16.5. The summed E-state index contributed by atoms with van der Waals surface area (Å²) < 4.78 is 7.93. The van der Waals surface area contributed by atoms with E-state index in [0.717, 1.165) is 6.07 Å². The van der Waals surface area contributed by atoms with Crippen molar-refractivity contribution in [1.29, 1.82) is 0 Å². The van der Waals surface area contributed by atoms with E-state index in [1.165, 1.54) is 4.57 Å². The number of aromatic hydroxyl groups is 1. The average molecular weight is 195 g/mol. The maximum atomic E-state index is 11.4. The molecule has 0 radical (unpaired) electrons. The third-order valence-electron chi connectivity index (χ3n) is 2.10. The quantitative estimate of drug-likeness (QED) is 0.662. The number of hydrogen-bond acceptors (Lipinski definition) is 3. The van der Waals surface area contributed by atoms with Crippen LogP contribution in [0.1, 0.15) is 12.7 Å². The summed E-state index contributed by atoms with van der Waals surface area (Å²) in [4.78, 5) is 11.4. The van der Waals surface area contributed by atoms with Crippen LogP contribution in [-0.2, 0) is 6.54 Å². The van der Waals surface area contributed by atoms with Gasteiger partial charge in [-0.1, -0.05) is 0 Å². The zero-order valence-corrected chi connectivity index (χ0v) is 8.02. The number of fused-ring (bicyclic) bond motifs is 1. The lowest BCUT2D eigenvalue weighted by molar-refractivity contribution is -0.678. The van der Waals surface area contributed by atoms with Crippen LogP contribution in [0, 0.1) is 6.92 Å². The van der Waals surface area contributed by atoms with Crippen LogP contribution in [-0.4, -0.2) is 9.68 Å². The Kier molecular flexibility index (Phi) is 1.80. The first kappa shape index (κ1) is 8.80. The Labute approximate surface area is 79.8 Å². The van der Waals surface area contributed by atoms with Crippen molar-refractivity contribution in [2.45, 2.75) is 20.4 Å². The molecule has 2 aromatic heterocycles. The van der Waals surface area contributed by atoms with Crippen LogP contribution >= 0.6 is 0 Å². The number of rotatable bonds is 1. The Morgan fingerprint density at radius 2 is 2.29 bits per heavy atom. The van der Waals surface area contributed by atoms with E-state index in [4.69, 9.17) is 4.52 Å². The molecular formula is C9H11N2O3+. The van der Waals surface area contributed by atoms with Gasteiger partial charge in [0.25, 0.3) is 5.88 Å². The van der Waals surface area contributed by atoms with Crippen molar-refractivity contribution in [3.8, 4) is 5.88 Å². The summed E-state index contributed by atoms with van der Waals surface area (Å²) in [6.07, 6.45) is 0. The summed E-state index contributed by atoms with van der Waals surface area (Å²) in [5, 5.41) is 9.51. The van der Waals surface area contributed by atoms with Gasteiger partial charge in [-0.3, -0.25) is 4.52 Å². The number of nitrogens with zero attached hydrogens (tertiary/aromatic N) is 2. The average Bonchev–Trinajstić information content (AvgIpc) is 2.48. The van der Waals surface area contributed by atoms with E-state index in [1.54, 1.807) is 17.6 Å². The molecule has 0 aliphatic heterocycles. The molecule has 0 saturated carbocycles. The van der Waals surface area contributed by atoms with Crippen LogP contribution in [0.3, 0.4) is 0 Å². The molecule has 0 aliphatic rings. The van der Waals surface area contributed by atoms with Gasteiger partial charge in [0.15, 0.2) is 5.76 Å². The highest BCUT2D eigenvalue weighted by Crippen LogP contribution is 2.05. The lowest BCUT2D eigenvalue weighted by atomic mass is 10.4. The summed E-state index contributed by atoms with van der Waals surface area (Å²) in [6.45, 7) is 4.21. The highest BCUT2D eigenvalue weighted by Gasteiger charge is 2.18. The van der Waals surface area contributed by atoms with Gasteiger partial charge in [0.1, 0.15) is 6.07 Å². The van der Waals surface area contributed by atoms with Gasteiger partial charge in [-0.15, -0.1) is 0 Å². The molecule has 0 atom stereocenters. The Hall–Kier alpha value is -1.78. The minimum atomic E-state index is -0.365. The van der Waals surface area contributed by atoms with Gasteiger partial charge in [0, 0.05) is 4.57 Å². The first-order valence-corrected chi connectivity index (χ1v) is 4.39. The van der Waals surface area contributed by atoms with Crippen molar-refractivity contribution in [2.75, 3.05) is 0 Å². The van der Waals surface area contributed by atoms with Crippen molar-refractivity contribution in [3.05, 3.63) is 28.2 Å². The Balaban J connectivity index is 2.97. The highest BCUT2D eigenvalue weighted by molar-refractivity contribution is 5.31. The van der Waals surface area contributed by atoms with Gasteiger partial charge in [-0.25, -0.2) is 4.79 Å². The molecule has 2 heterocycles. The summed E-state index contributed by atoms with van der Waals surface area (Å²) in [7, 11) is 0. The molecular weight excluding hydrogens is 184 g/mol. The van der Waals surface area contributed by atoms with Crippen molar-refractivity contribution in [2.24, 2.45) is 0 Å². The lowest BCUT2D eigenvalue weighted by Gasteiger charge is -1.96. The van der Waals surface area contributed by atoms with Gasteiger partial charge >= 0.3 is 11.2 Å². The molecule has 14 heavy (non-hydrogen) atoms. The third kappa shape index (κ3) is 1.09. The van der Waals surface area contributed by atoms with Crippen molar-refractivity contribution in [3.63, 3.8) is 0 Å². The minimum absolute atomic E-state index is 0.0432. The molecule has 0 aliphatic carbocycles. The summed E-state index contributed by atoms with van der Waals surface area (Å²) in [5.41, 5.74) is 0.199. The van der Waals surface area contributed by atoms with Crippen LogP contribution in [0.5, 0.6) is 5.88 Å². The standard InChI is InChI=1S/C9H10N2O3/c1-3-10-7-4-6(2)14-11(7)9(13)5-8(10)12/h4-5H,3H2,1-2H3/p+1. The largest absolute Gasteiger partial charge is 0.478 e. The minimum Gasteiger partial charge on any atom is -0.478 e. The molecule has 0 spiro atoms. The Morgan fingerprint density at radius 1 is 1.57 bits per heavy atom. The first-order chi connectivity index (χ1) is 6.63. The monoisotopic (exact) mass is 195 g/mol. The van der Waals surface area contributed by atoms with Crippen molar-refractivity contribution < 1.29 is 14.2 Å². The lowest BCUT2D eigenvalue weighted by Crippen LogP contribution is -2.37. The molecule has 0 bridgehead atoms. The fraction of sp³-hybridized carbons (Fsp3) is 0.333. The van der Waals surface area contributed by atoms with E-state index in [9.17, 15) is 9.90 Å². The van der Waals surface area contributed by atoms with Crippen LogP contribution in [0.2, 0.25) is 0 Å². The fourth-order valence-electron chi connectivity index (χ4n) is 1.49. The molecule has 0 unspecified atom stereocenters. The predicted octanol–water partition coefficient (Wildman–Crippen LogP) is 0.214. The molecule has 0 fully saturated rings. The van der Waals surface area contributed by atoms with Crippen LogP contribution in [0.25, 0.3) is 5.65 Å². The Morgan fingerprint density at radius 3 is 2.93 bits per heavy atom. The van der Waals surface area contributed by atoms with Gasteiger partial charge in [0.05, 0.1) is 12.6 Å². The van der Waals surface area contributed by atoms with E-state index in [-0.39, 0.29) is 11.4 Å². The van der Waals surface area contributed by atoms with Gasteiger partial charge < -0.3 is 5.11 Å². The van der Waals surface area contributed by atoms with Crippen LogP contribution < -0.4 is 10.1 Å². The zero-order chi connectivity index (χ0) is 10.3. The van der Waals surface area contributed by atoms with Crippen LogP contribution in [0.15, 0.2) is 21.5 Å². The third-order valence-corrected chi connectivity index (χ3v) is 2.10.